The van der Waals surface area contributed by atoms with Gasteiger partial charge in [-0.05, 0) is 46.0 Å². The van der Waals surface area contributed by atoms with Crippen molar-refractivity contribution >= 4 is 0 Å². The molecule has 0 saturated carbocycles. The van der Waals surface area contributed by atoms with Crippen molar-refractivity contribution < 1.29 is 24.4 Å². The molecule has 0 amide bonds. The Morgan fingerprint density at radius 1 is 0.658 bits per heavy atom. The Morgan fingerprint density at radius 2 is 1.16 bits per heavy atom. The van der Waals surface area contributed by atoms with Crippen molar-refractivity contribution in [3.63, 3.8) is 0 Å². The minimum atomic E-state index is -1.09. The first-order valence-corrected chi connectivity index (χ1v) is 12.7. The Morgan fingerprint density at radius 3 is 1.63 bits per heavy atom. The molecule has 0 radical (unpaired) electrons. The lowest BCUT2D eigenvalue weighted by Gasteiger charge is -2.36. The van der Waals surface area contributed by atoms with Crippen molar-refractivity contribution in [3.05, 3.63) is 149 Å². The predicted octanol–water partition coefficient (Wildman–Crippen LogP) is 5.25. The first-order valence-electron chi connectivity index (χ1n) is 12.7. The van der Waals surface area contributed by atoms with Gasteiger partial charge in [0.05, 0.1) is 20.3 Å². The Bertz CT molecular complexity index is 1220. The molecule has 4 aromatic carbocycles. The van der Waals surface area contributed by atoms with E-state index in [2.05, 4.69) is 36.4 Å². The van der Waals surface area contributed by atoms with Crippen molar-refractivity contribution in [1.82, 2.24) is 0 Å². The molecule has 0 aliphatic heterocycles. The highest BCUT2D eigenvalue weighted by molar-refractivity contribution is 5.47. The number of hydrogen-bond donors (Lipinski definition) is 2. The largest absolute Gasteiger partial charge is 0.497 e. The van der Waals surface area contributed by atoms with Gasteiger partial charge in [0, 0.05) is 0 Å². The molecule has 1 unspecified atom stereocenters. The van der Waals surface area contributed by atoms with E-state index in [1.165, 1.54) is 0 Å². The third-order valence-electron chi connectivity index (χ3n) is 7.02. The van der Waals surface area contributed by atoms with Crippen molar-refractivity contribution in [3.8, 4) is 5.75 Å². The highest BCUT2D eigenvalue weighted by Crippen LogP contribution is 2.41. The smallest absolute Gasteiger partial charge is 0.144 e. The number of rotatable bonds is 10. The SMILES string of the molecule is COc1ccc(CO[C@H]2C=C(COC(c3ccccc3)(c3ccccc3)c3ccccc3)[C@H](O)C2O)cc1. The van der Waals surface area contributed by atoms with Gasteiger partial charge < -0.3 is 24.4 Å². The van der Waals surface area contributed by atoms with Crippen molar-refractivity contribution in [2.75, 3.05) is 13.7 Å². The molecule has 0 saturated heterocycles. The van der Waals surface area contributed by atoms with Crippen LogP contribution in [0.3, 0.4) is 0 Å². The molecule has 5 heteroatoms. The van der Waals surface area contributed by atoms with Gasteiger partial charge in [0.2, 0.25) is 0 Å². The molecule has 1 aliphatic rings. The van der Waals surface area contributed by atoms with Crippen LogP contribution in [0.2, 0.25) is 0 Å². The molecular weight excluding hydrogens is 476 g/mol. The molecule has 1 aliphatic carbocycles. The summed E-state index contributed by atoms with van der Waals surface area (Å²) in [7, 11) is 1.62. The van der Waals surface area contributed by atoms with Gasteiger partial charge in [0.15, 0.2) is 0 Å². The lowest BCUT2D eigenvalue weighted by atomic mass is 9.80. The molecule has 194 valence electrons. The number of aliphatic hydroxyl groups excluding tert-OH is 2. The molecule has 38 heavy (non-hydrogen) atoms. The molecule has 0 bridgehead atoms. The van der Waals surface area contributed by atoms with E-state index in [9.17, 15) is 10.2 Å². The molecule has 5 rings (SSSR count). The van der Waals surface area contributed by atoms with Gasteiger partial charge in [-0.3, -0.25) is 0 Å². The summed E-state index contributed by atoms with van der Waals surface area (Å²) in [5.74, 6) is 0.767. The molecule has 3 atom stereocenters. The Kier molecular flexibility index (Phi) is 8.01. The summed E-state index contributed by atoms with van der Waals surface area (Å²) in [5.41, 5.74) is 3.53. The van der Waals surface area contributed by atoms with Crippen LogP contribution in [0.15, 0.2) is 127 Å². The van der Waals surface area contributed by atoms with Crippen molar-refractivity contribution in [2.45, 2.75) is 30.5 Å². The van der Waals surface area contributed by atoms with Crippen LogP contribution in [-0.2, 0) is 21.7 Å². The first-order chi connectivity index (χ1) is 18.6. The normalized spacial score (nSPS) is 19.2. The summed E-state index contributed by atoms with van der Waals surface area (Å²) in [6.45, 7) is 0.407. The minimum Gasteiger partial charge on any atom is -0.497 e. The van der Waals surface area contributed by atoms with Crippen LogP contribution < -0.4 is 4.74 Å². The maximum Gasteiger partial charge on any atom is 0.144 e. The summed E-state index contributed by atoms with van der Waals surface area (Å²) in [6, 6.07) is 37.8. The predicted molar refractivity (Wildman–Crippen MR) is 147 cm³/mol. The van der Waals surface area contributed by atoms with E-state index in [1.807, 2.05) is 78.9 Å². The van der Waals surface area contributed by atoms with Gasteiger partial charge in [0.25, 0.3) is 0 Å². The van der Waals surface area contributed by atoms with E-state index in [0.29, 0.717) is 12.2 Å². The lowest BCUT2D eigenvalue weighted by Crippen LogP contribution is -2.36. The number of aliphatic hydroxyl groups is 2. The Labute approximate surface area is 223 Å². The van der Waals surface area contributed by atoms with Crippen LogP contribution in [0.25, 0.3) is 0 Å². The molecule has 2 N–H and O–H groups in total. The van der Waals surface area contributed by atoms with Crippen LogP contribution in [0.5, 0.6) is 5.75 Å². The second-order valence-electron chi connectivity index (χ2n) is 9.37. The first kappa shape index (κ1) is 25.9. The van der Waals surface area contributed by atoms with E-state index >= 15 is 0 Å². The Balaban J connectivity index is 1.42. The van der Waals surface area contributed by atoms with Crippen molar-refractivity contribution in [1.29, 1.82) is 0 Å². The number of methoxy groups -OCH3 is 1. The quantitative estimate of drug-likeness (QED) is 0.226. The van der Waals surface area contributed by atoms with Crippen molar-refractivity contribution in [2.24, 2.45) is 0 Å². The van der Waals surface area contributed by atoms with Gasteiger partial charge in [-0.15, -0.1) is 0 Å². The van der Waals surface area contributed by atoms with Gasteiger partial charge >= 0.3 is 0 Å². The molecule has 0 heterocycles. The fraction of sp³-hybridized carbons (Fsp3) is 0.212. The number of benzene rings is 4. The summed E-state index contributed by atoms with van der Waals surface area (Å²) >= 11 is 0. The minimum absolute atomic E-state index is 0.110. The third-order valence-corrected chi connectivity index (χ3v) is 7.02. The fourth-order valence-corrected chi connectivity index (χ4v) is 4.96. The maximum absolute atomic E-state index is 10.9. The van der Waals surface area contributed by atoms with E-state index in [4.69, 9.17) is 14.2 Å². The zero-order chi connectivity index (χ0) is 26.4. The van der Waals surface area contributed by atoms with Gasteiger partial charge in [-0.2, -0.15) is 0 Å². The zero-order valence-electron chi connectivity index (χ0n) is 21.3. The highest BCUT2D eigenvalue weighted by atomic mass is 16.5. The monoisotopic (exact) mass is 508 g/mol. The summed E-state index contributed by atoms with van der Waals surface area (Å²) in [4.78, 5) is 0. The lowest BCUT2D eigenvalue weighted by molar-refractivity contribution is -0.0549. The summed E-state index contributed by atoms with van der Waals surface area (Å²) in [6.07, 6.45) is -1.03. The molecule has 0 spiro atoms. The number of ether oxygens (including phenoxy) is 3. The summed E-state index contributed by atoms with van der Waals surface area (Å²) in [5, 5.41) is 21.7. The zero-order valence-corrected chi connectivity index (χ0v) is 21.3. The molecule has 0 fully saturated rings. The van der Waals surface area contributed by atoms with Crippen LogP contribution in [0.4, 0.5) is 0 Å². The summed E-state index contributed by atoms with van der Waals surface area (Å²) < 4.78 is 18.0. The van der Waals surface area contributed by atoms with E-state index in [-0.39, 0.29) is 6.61 Å². The average Bonchev–Trinajstić information content (AvgIpc) is 3.26. The molecular formula is C33H32O5. The van der Waals surface area contributed by atoms with Gasteiger partial charge in [-0.25, -0.2) is 0 Å². The van der Waals surface area contributed by atoms with E-state index in [0.717, 1.165) is 28.0 Å². The van der Waals surface area contributed by atoms with E-state index < -0.39 is 23.9 Å². The van der Waals surface area contributed by atoms with Crippen LogP contribution in [-0.4, -0.2) is 42.2 Å². The second-order valence-corrected chi connectivity index (χ2v) is 9.37. The molecule has 0 aromatic heterocycles. The fourth-order valence-electron chi connectivity index (χ4n) is 4.96. The average molecular weight is 509 g/mol. The van der Waals surface area contributed by atoms with Gasteiger partial charge in [0.1, 0.15) is 29.7 Å². The topological polar surface area (TPSA) is 68.2 Å². The molecule has 5 nitrogen and oxygen atoms in total. The maximum atomic E-state index is 10.9. The van der Waals surface area contributed by atoms with Gasteiger partial charge in [-0.1, -0.05) is 103 Å². The molecule has 4 aromatic rings. The second kappa shape index (κ2) is 11.8. The number of hydrogen-bond acceptors (Lipinski definition) is 5. The highest BCUT2D eigenvalue weighted by Gasteiger charge is 2.40. The van der Waals surface area contributed by atoms with Crippen LogP contribution >= 0.6 is 0 Å². The Hall–Kier alpha value is -3.74. The third kappa shape index (κ3) is 5.28. The standard InChI is InChI=1S/C33H32O5/c1-36-29-19-17-24(18-20-29)22-37-30-21-25(31(34)32(30)35)23-38-33(26-11-5-2-6-12-26,27-13-7-3-8-14-27)28-15-9-4-10-16-28/h2-21,30-32,34-35H,22-23H2,1H3/t30-,31-,32?/m0/s1. The van der Waals surface area contributed by atoms with Crippen LogP contribution in [0, 0.1) is 0 Å². The van der Waals surface area contributed by atoms with Crippen LogP contribution in [0.1, 0.15) is 22.3 Å². The van der Waals surface area contributed by atoms with E-state index in [1.54, 1.807) is 13.2 Å².